The van der Waals surface area contributed by atoms with E-state index in [1.807, 2.05) is 4.90 Å². The lowest BCUT2D eigenvalue weighted by atomic mass is 10.1. The summed E-state index contributed by atoms with van der Waals surface area (Å²) in [5.41, 5.74) is 2.40. The molecule has 1 aromatic heterocycles. The molecule has 1 atom stereocenters. The summed E-state index contributed by atoms with van der Waals surface area (Å²) in [7, 11) is 1.80. The van der Waals surface area contributed by atoms with Gasteiger partial charge in [0, 0.05) is 56.3 Å². The molecule has 0 bridgehead atoms. The van der Waals surface area contributed by atoms with Crippen molar-refractivity contribution in [3.05, 3.63) is 36.0 Å². The van der Waals surface area contributed by atoms with Gasteiger partial charge in [-0.2, -0.15) is 0 Å². The highest BCUT2D eigenvalue weighted by Gasteiger charge is 2.32. The SMILES string of the molecule is CN=C(NCCc1cc2ccccc2[nH]1)NC1CCN(C(=O)C2CCCC2)C1. The molecular weight excluding hydrogens is 350 g/mol. The fourth-order valence-corrected chi connectivity index (χ4v) is 4.48. The molecule has 150 valence electrons. The van der Waals surface area contributed by atoms with Crippen LogP contribution >= 0.6 is 0 Å². The van der Waals surface area contributed by atoms with E-state index in [4.69, 9.17) is 0 Å². The van der Waals surface area contributed by atoms with Gasteiger partial charge in [0.25, 0.3) is 0 Å². The molecule has 2 fully saturated rings. The fraction of sp³-hybridized carbons (Fsp3) is 0.545. The average Bonchev–Trinajstić information content (AvgIpc) is 3.46. The Morgan fingerprint density at radius 3 is 2.86 bits per heavy atom. The van der Waals surface area contributed by atoms with Gasteiger partial charge in [0.05, 0.1) is 0 Å². The van der Waals surface area contributed by atoms with Crippen LogP contribution in [0.1, 0.15) is 37.8 Å². The first kappa shape index (κ1) is 18.8. The van der Waals surface area contributed by atoms with E-state index in [2.05, 4.69) is 50.9 Å². The van der Waals surface area contributed by atoms with Gasteiger partial charge in [-0.15, -0.1) is 0 Å². The third kappa shape index (κ3) is 4.32. The van der Waals surface area contributed by atoms with E-state index in [0.717, 1.165) is 51.3 Å². The molecule has 1 aromatic carbocycles. The van der Waals surface area contributed by atoms with E-state index in [-0.39, 0.29) is 12.0 Å². The van der Waals surface area contributed by atoms with E-state index in [1.165, 1.54) is 29.4 Å². The van der Waals surface area contributed by atoms with Crippen molar-refractivity contribution >= 4 is 22.8 Å². The van der Waals surface area contributed by atoms with Gasteiger partial charge in [-0.05, 0) is 36.8 Å². The van der Waals surface area contributed by atoms with Gasteiger partial charge < -0.3 is 20.5 Å². The zero-order valence-corrected chi connectivity index (χ0v) is 16.7. The van der Waals surface area contributed by atoms with Crippen LogP contribution in [-0.2, 0) is 11.2 Å². The number of likely N-dealkylation sites (tertiary alicyclic amines) is 1. The van der Waals surface area contributed by atoms with Crippen LogP contribution in [0.4, 0.5) is 0 Å². The number of aliphatic imine (C=N–C) groups is 1. The van der Waals surface area contributed by atoms with Gasteiger partial charge in [0.15, 0.2) is 5.96 Å². The Balaban J connectivity index is 1.23. The first-order valence-corrected chi connectivity index (χ1v) is 10.6. The van der Waals surface area contributed by atoms with Crippen molar-refractivity contribution in [3.8, 4) is 0 Å². The molecule has 1 amide bonds. The number of hydrogen-bond donors (Lipinski definition) is 3. The summed E-state index contributed by atoms with van der Waals surface area (Å²) in [5.74, 6) is 1.45. The smallest absolute Gasteiger partial charge is 0.225 e. The Hall–Kier alpha value is -2.50. The van der Waals surface area contributed by atoms with E-state index < -0.39 is 0 Å². The summed E-state index contributed by atoms with van der Waals surface area (Å²) in [4.78, 5) is 22.5. The molecule has 2 aliphatic rings. The molecule has 1 unspecified atom stereocenters. The lowest BCUT2D eigenvalue weighted by Crippen LogP contribution is -2.45. The van der Waals surface area contributed by atoms with Crippen LogP contribution in [0.25, 0.3) is 10.9 Å². The third-order valence-corrected chi connectivity index (χ3v) is 6.04. The number of H-pyrrole nitrogens is 1. The lowest BCUT2D eigenvalue weighted by Gasteiger charge is -2.21. The minimum Gasteiger partial charge on any atom is -0.358 e. The summed E-state index contributed by atoms with van der Waals surface area (Å²) < 4.78 is 0. The normalized spacial score (nSPS) is 20.8. The molecule has 6 nitrogen and oxygen atoms in total. The summed E-state index contributed by atoms with van der Waals surface area (Å²) >= 11 is 0. The van der Waals surface area contributed by atoms with Crippen LogP contribution in [-0.4, -0.2) is 54.5 Å². The monoisotopic (exact) mass is 381 g/mol. The number of benzene rings is 1. The molecule has 6 heteroatoms. The summed E-state index contributed by atoms with van der Waals surface area (Å²) in [5, 5.41) is 8.14. The van der Waals surface area contributed by atoms with Crippen LogP contribution < -0.4 is 10.6 Å². The molecule has 4 rings (SSSR count). The Kier molecular flexibility index (Phi) is 5.84. The van der Waals surface area contributed by atoms with Crippen molar-refractivity contribution in [3.63, 3.8) is 0 Å². The zero-order valence-electron chi connectivity index (χ0n) is 16.7. The molecule has 1 aliphatic heterocycles. The van der Waals surface area contributed by atoms with Crippen molar-refractivity contribution in [2.75, 3.05) is 26.7 Å². The van der Waals surface area contributed by atoms with Gasteiger partial charge in [-0.25, -0.2) is 0 Å². The van der Waals surface area contributed by atoms with E-state index in [9.17, 15) is 4.79 Å². The van der Waals surface area contributed by atoms with E-state index >= 15 is 0 Å². The maximum atomic E-state index is 12.6. The predicted molar refractivity (Wildman–Crippen MR) is 113 cm³/mol. The zero-order chi connectivity index (χ0) is 19.3. The van der Waals surface area contributed by atoms with Crippen molar-refractivity contribution in [2.24, 2.45) is 10.9 Å². The Morgan fingerprint density at radius 2 is 2.07 bits per heavy atom. The molecule has 28 heavy (non-hydrogen) atoms. The van der Waals surface area contributed by atoms with Crippen molar-refractivity contribution in [1.82, 2.24) is 20.5 Å². The number of aromatic amines is 1. The van der Waals surface area contributed by atoms with E-state index in [1.54, 1.807) is 7.05 Å². The number of nitrogens with one attached hydrogen (secondary N) is 3. The topological polar surface area (TPSA) is 72.5 Å². The van der Waals surface area contributed by atoms with Crippen molar-refractivity contribution in [2.45, 2.75) is 44.6 Å². The van der Waals surface area contributed by atoms with Crippen LogP contribution in [0.15, 0.2) is 35.3 Å². The minimum atomic E-state index is 0.271. The Morgan fingerprint density at radius 1 is 1.25 bits per heavy atom. The number of hydrogen-bond acceptors (Lipinski definition) is 2. The van der Waals surface area contributed by atoms with Gasteiger partial charge in [0.1, 0.15) is 0 Å². The quantitative estimate of drug-likeness (QED) is 0.551. The molecule has 1 aliphatic carbocycles. The molecule has 0 spiro atoms. The molecule has 2 aromatic rings. The number of fused-ring (bicyclic) bond motifs is 1. The fourth-order valence-electron chi connectivity index (χ4n) is 4.48. The molecular formula is C22H31N5O. The number of para-hydroxylation sites is 1. The van der Waals surface area contributed by atoms with Crippen molar-refractivity contribution < 1.29 is 4.79 Å². The minimum absolute atomic E-state index is 0.271. The second-order valence-corrected chi connectivity index (χ2v) is 8.03. The molecule has 2 heterocycles. The summed E-state index contributed by atoms with van der Waals surface area (Å²) in [6.07, 6.45) is 6.46. The highest BCUT2D eigenvalue weighted by Crippen LogP contribution is 2.27. The number of amides is 1. The molecule has 3 N–H and O–H groups in total. The number of rotatable bonds is 5. The predicted octanol–water partition coefficient (Wildman–Crippen LogP) is 2.67. The first-order valence-electron chi connectivity index (χ1n) is 10.6. The first-order chi connectivity index (χ1) is 13.7. The number of nitrogens with zero attached hydrogens (tertiary/aromatic N) is 2. The van der Waals surface area contributed by atoms with Crippen LogP contribution in [0.2, 0.25) is 0 Å². The van der Waals surface area contributed by atoms with Crippen LogP contribution in [0, 0.1) is 5.92 Å². The number of guanidine groups is 1. The van der Waals surface area contributed by atoms with E-state index in [0.29, 0.717) is 5.91 Å². The second kappa shape index (κ2) is 8.67. The molecule has 1 saturated carbocycles. The maximum absolute atomic E-state index is 12.6. The molecule has 1 saturated heterocycles. The van der Waals surface area contributed by atoms with Gasteiger partial charge in [-0.3, -0.25) is 9.79 Å². The summed E-state index contributed by atoms with van der Waals surface area (Å²) in [6, 6.07) is 10.8. The summed E-state index contributed by atoms with van der Waals surface area (Å²) in [6.45, 7) is 2.46. The maximum Gasteiger partial charge on any atom is 0.225 e. The van der Waals surface area contributed by atoms with Gasteiger partial charge >= 0.3 is 0 Å². The van der Waals surface area contributed by atoms with Crippen molar-refractivity contribution in [1.29, 1.82) is 0 Å². The molecule has 0 radical (unpaired) electrons. The Labute approximate surface area is 166 Å². The highest BCUT2D eigenvalue weighted by atomic mass is 16.2. The lowest BCUT2D eigenvalue weighted by molar-refractivity contribution is -0.134. The highest BCUT2D eigenvalue weighted by molar-refractivity contribution is 5.82. The van der Waals surface area contributed by atoms with Gasteiger partial charge in [0.2, 0.25) is 5.91 Å². The standard InChI is InChI=1S/C22H31N5O/c1-23-22(24-12-10-18-14-17-8-4-5-9-20(17)25-18)26-19-11-13-27(15-19)21(28)16-6-2-3-7-16/h4-5,8-9,14,16,19,25H,2-3,6-7,10-13,15H2,1H3,(H2,23,24,26). The van der Waals surface area contributed by atoms with Crippen LogP contribution in [0.3, 0.4) is 0 Å². The Bertz CT molecular complexity index is 803. The average molecular weight is 382 g/mol. The van der Waals surface area contributed by atoms with Crippen LogP contribution in [0.5, 0.6) is 0 Å². The number of carbonyl (C=O) groups excluding carboxylic acids is 1. The number of carbonyl (C=O) groups is 1. The van der Waals surface area contributed by atoms with Gasteiger partial charge in [-0.1, -0.05) is 31.0 Å². The number of aromatic nitrogens is 1. The largest absolute Gasteiger partial charge is 0.358 e. The second-order valence-electron chi connectivity index (χ2n) is 8.03. The third-order valence-electron chi connectivity index (χ3n) is 6.04.